The fourth-order valence-corrected chi connectivity index (χ4v) is 1.93. The Balaban J connectivity index is 2.68. The minimum Gasteiger partial charge on any atom is -0.503 e. The minimum absolute atomic E-state index is 0.209. The molecule has 128 valence electrons. The number of nitrogens with zero attached hydrogens (tertiary/aromatic N) is 2. The molecule has 2 rings (SSSR count). The van der Waals surface area contributed by atoms with Crippen LogP contribution in [0.15, 0.2) is 22.1 Å². The number of benzene rings is 1. The van der Waals surface area contributed by atoms with Crippen LogP contribution in [0, 0.1) is 16.5 Å². The molecular formula is C13H8F5N3O3. The molecule has 0 bridgehead atoms. The molecule has 0 spiro atoms. The number of aromatic nitrogens is 2. The molecule has 0 unspecified atom stereocenters. The second-order valence-corrected chi connectivity index (χ2v) is 4.64. The molecule has 2 aromatic rings. The van der Waals surface area contributed by atoms with E-state index in [1.54, 1.807) is 0 Å². The minimum atomic E-state index is -4.74. The van der Waals surface area contributed by atoms with E-state index in [9.17, 15) is 31.7 Å². The second-order valence-electron chi connectivity index (χ2n) is 4.64. The van der Waals surface area contributed by atoms with Crippen LogP contribution in [0.5, 0.6) is 5.75 Å². The van der Waals surface area contributed by atoms with Gasteiger partial charge in [0.05, 0.1) is 0 Å². The third-order valence-electron chi connectivity index (χ3n) is 2.89. The van der Waals surface area contributed by atoms with Gasteiger partial charge in [-0.15, -0.1) is 4.91 Å². The van der Waals surface area contributed by atoms with Crippen molar-refractivity contribution in [1.29, 1.82) is 0 Å². The van der Waals surface area contributed by atoms with Crippen molar-refractivity contribution < 1.29 is 27.1 Å². The van der Waals surface area contributed by atoms with Gasteiger partial charge in [0, 0.05) is 0 Å². The zero-order chi connectivity index (χ0) is 18.1. The van der Waals surface area contributed by atoms with Crippen LogP contribution in [0.1, 0.15) is 5.56 Å². The van der Waals surface area contributed by atoms with Crippen molar-refractivity contribution in [1.82, 2.24) is 9.55 Å². The van der Waals surface area contributed by atoms with E-state index in [1.165, 1.54) is 0 Å². The number of nitroso groups, excluding NO2 is 1. The Hall–Kier alpha value is -2.98. The van der Waals surface area contributed by atoms with Crippen LogP contribution >= 0.6 is 0 Å². The molecule has 2 N–H and O–H groups in total. The number of H-pyrrole nitrogens is 1. The lowest BCUT2D eigenvalue weighted by molar-refractivity contribution is -0.141. The van der Waals surface area contributed by atoms with Gasteiger partial charge in [-0.3, -0.25) is 9.36 Å². The van der Waals surface area contributed by atoms with Crippen molar-refractivity contribution in [2.75, 3.05) is 0 Å². The SMILES string of the molecule is O=N/C=c1/[nH]/c(=C\c2cc(F)c(O)c(F)c2)c(=O)n1CC(F)(F)F. The molecular weight excluding hydrogens is 341 g/mol. The Kier molecular flexibility index (Phi) is 4.53. The van der Waals surface area contributed by atoms with Crippen molar-refractivity contribution in [2.45, 2.75) is 12.7 Å². The third-order valence-corrected chi connectivity index (χ3v) is 2.89. The van der Waals surface area contributed by atoms with Crippen LogP contribution in [0.4, 0.5) is 22.0 Å². The van der Waals surface area contributed by atoms with Gasteiger partial charge in [-0.1, -0.05) is 0 Å². The third kappa shape index (κ3) is 3.67. The maximum absolute atomic E-state index is 13.3. The molecule has 0 atom stereocenters. The summed E-state index contributed by atoms with van der Waals surface area (Å²) in [6.07, 6.45) is -3.42. The number of imidazole rings is 1. The van der Waals surface area contributed by atoms with E-state index in [1.807, 2.05) is 0 Å². The summed E-state index contributed by atoms with van der Waals surface area (Å²) >= 11 is 0. The molecule has 11 heteroatoms. The standard InChI is InChI=1S/C13H8F5N3O3/c14-7-1-6(2-8(15)11(7)22)3-9-12(23)21(5-13(16,17)18)10(20-9)4-19-24/h1-4,20,22H,5H2/b9-3-,10-4-. The lowest BCUT2D eigenvalue weighted by Gasteiger charge is -2.05. The van der Waals surface area contributed by atoms with Gasteiger partial charge < -0.3 is 10.1 Å². The molecule has 24 heavy (non-hydrogen) atoms. The van der Waals surface area contributed by atoms with Gasteiger partial charge in [-0.25, -0.2) is 8.78 Å². The summed E-state index contributed by atoms with van der Waals surface area (Å²) in [5, 5.41) is 10.8. The van der Waals surface area contributed by atoms with Gasteiger partial charge in [0.25, 0.3) is 5.56 Å². The van der Waals surface area contributed by atoms with Gasteiger partial charge in [0.1, 0.15) is 23.6 Å². The molecule has 0 saturated heterocycles. The average molecular weight is 349 g/mol. The molecule has 1 aromatic heterocycles. The van der Waals surface area contributed by atoms with E-state index in [2.05, 4.69) is 10.2 Å². The van der Waals surface area contributed by atoms with Crippen LogP contribution in [0.25, 0.3) is 12.3 Å². The number of hydrogen-bond acceptors (Lipinski definition) is 4. The first kappa shape index (κ1) is 17.4. The molecule has 0 aliphatic rings. The highest BCUT2D eigenvalue weighted by atomic mass is 19.4. The number of alkyl halides is 3. The van der Waals surface area contributed by atoms with Gasteiger partial charge in [-0.05, 0) is 28.9 Å². The molecule has 0 fully saturated rings. The highest BCUT2D eigenvalue weighted by Gasteiger charge is 2.29. The van der Waals surface area contributed by atoms with Crippen LogP contribution in [0.3, 0.4) is 0 Å². The van der Waals surface area contributed by atoms with Crippen molar-refractivity contribution in [2.24, 2.45) is 5.18 Å². The van der Waals surface area contributed by atoms with Crippen molar-refractivity contribution in [3.8, 4) is 5.75 Å². The summed E-state index contributed by atoms with van der Waals surface area (Å²) in [7, 11) is 0. The monoisotopic (exact) mass is 349 g/mol. The lowest BCUT2D eigenvalue weighted by atomic mass is 10.2. The quantitative estimate of drug-likeness (QED) is 0.642. The number of hydrogen-bond donors (Lipinski definition) is 2. The number of halogens is 5. The Morgan fingerprint density at radius 1 is 1.25 bits per heavy atom. The Morgan fingerprint density at radius 3 is 2.33 bits per heavy atom. The first-order valence-electron chi connectivity index (χ1n) is 6.20. The van der Waals surface area contributed by atoms with Crippen LogP contribution < -0.4 is 16.4 Å². The highest BCUT2D eigenvalue weighted by Crippen LogP contribution is 2.21. The number of rotatable bonds is 3. The van der Waals surface area contributed by atoms with E-state index in [-0.39, 0.29) is 10.1 Å². The molecule has 0 aliphatic carbocycles. The van der Waals surface area contributed by atoms with E-state index in [4.69, 9.17) is 5.11 Å². The maximum Gasteiger partial charge on any atom is 0.406 e. The Labute approximate surface area is 129 Å². The van der Waals surface area contributed by atoms with E-state index in [0.29, 0.717) is 18.3 Å². The molecule has 0 radical (unpaired) electrons. The number of aromatic amines is 1. The van der Waals surface area contributed by atoms with E-state index < -0.39 is 46.5 Å². The number of phenolic OH excluding ortho intramolecular Hbond substituents is 1. The molecule has 1 aromatic carbocycles. The normalized spacial score (nSPS) is 13.5. The predicted molar refractivity (Wildman–Crippen MR) is 72.2 cm³/mol. The largest absolute Gasteiger partial charge is 0.503 e. The summed E-state index contributed by atoms with van der Waals surface area (Å²) in [4.78, 5) is 24.4. The first-order chi connectivity index (χ1) is 11.1. The Bertz CT molecular complexity index is 936. The molecule has 0 aliphatic heterocycles. The first-order valence-corrected chi connectivity index (χ1v) is 6.20. The topological polar surface area (TPSA) is 87.5 Å². The number of phenols is 1. The number of aromatic hydroxyl groups is 1. The molecule has 0 amide bonds. The van der Waals surface area contributed by atoms with Crippen LogP contribution in [-0.4, -0.2) is 20.8 Å². The van der Waals surface area contributed by atoms with Gasteiger partial charge in [-0.2, -0.15) is 13.2 Å². The lowest BCUT2D eigenvalue weighted by Crippen LogP contribution is -2.36. The van der Waals surface area contributed by atoms with Gasteiger partial charge >= 0.3 is 6.18 Å². The zero-order valence-electron chi connectivity index (χ0n) is 11.6. The smallest absolute Gasteiger partial charge is 0.406 e. The van der Waals surface area contributed by atoms with Gasteiger partial charge in [0.2, 0.25) is 0 Å². The van der Waals surface area contributed by atoms with E-state index in [0.717, 1.165) is 6.08 Å². The van der Waals surface area contributed by atoms with Gasteiger partial charge in [0.15, 0.2) is 17.4 Å². The Morgan fingerprint density at radius 2 is 1.83 bits per heavy atom. The van der Waals surface area contributed by atoms with E-state index >= 15 is 0 Å². The summed E-state index contributed by atoms with van der Waals surface area (Å²) in [5.41, 5.74) is -1.93. The van der Waals surface area contributed by atoms with Crippen LogP contribution in [0.2, 0.25) is 0 Å². The summed E-state index contributed by atoms with van der Waals surface area (Å²) in [6, 6.07) is 1.35. The number of nitrogens with one attached hydrogen (secondary N) is 1. The summed E-state index contributed by atoms with van der Waals surface area (Å²) < 4.78 is 64.2. The van der Waals surface area contributed by atoms with Crippen molar-refractivity contribution >= 4 is 12.3 Å². The molecule has 0 saturated carbocycles. The highest BCUT2D eigenvalue weighted by molar-refractivity contribution is 5.50. The second kappa shape index (κ2) is 6.26. The maximum atomic E-state index is 13.3. The van der Waals surface area contributed by atoms with Crippen molar-refractivity contribution in [3.63, 3.8) is 0 Å². The van der Waals surface area contributed by atoms with Crippen molar-refractivity contribution in [3.05, 3.63) is 55.4 Å². The predicted octanol–water partition coefficient (Wildman–Crippen LogP) is 1.06. The summed E-state index contributed by atoms with van der Waals surface area (Å²) in [5.74, 6) is -3.86. The van der Waals surface area contributed by atoms with Crippen LogP contribution in [-0.2, 0) is 6.54 Å². The fraction of sp³-hybridized carbons (Fsp3) is 0.154. The molecule has 6 nitrogen and oxygen atoms in total. The zero-order valence-corrected chi connectivity index (χ0v) is 11.6. The fourth-order valence-electron chi connectivity index (χ4n) is 1.93. The molecule has 1 heterocycles. The average Bonchev–Trinajstić information content (AvgIpc) is 2.72. The summed E-state index contributed by atoms with van der Waals surface area (Å²) in [6.45, 7) is -1.68.